The molecule has 0 aliphatic carbocycles. The molecule has 6 heteroatoms. The smallest absolute Gasteiger partial charge is 0.295 e. The van der Waals surface area contributed by atoms with Crippen LogP contribution in [0, 0.1) is 10.1 Å². The predicted octanol–water partition coefficient (Wildman–Crippen LogP) is 2.00. The summed E-state index contributed by atoms with van der Waals surface area (Å²) < 4.78 is 0.891. The van der Waals surface area contributed by atoms with Gasteiger partial charge in [0.2, 0.25) is 0 Å². The molecule has 5 nitrogen and oxygen atoms in total. The predicted molar refractivity (Wildman–Crippen MR) is 59.1 cm³/mol. The van der Waals surface area contributed by atoms with Gasteiger partial charge in [0.15, 0.2) is 6.29 Å². The molecule has 0 amide bonds. The Bertz CT molecular complexity index is 389. The minimum absolute atomic E-state index is 0.238. The van der Waals surface area contributed by atoms with E-state index in [1.165, 1.54) is 0 Å². The minimum Gasteiger partial charge on any atom is -0.295 e. The van der Waals surface area contributed by atoms with Crippen LogP contribution in [0.5, 0.6) is 0 Å². The zero-order chi connectivity index (χ0) is 11.3. The second-order valence-electron chi connectivity index (χ2n) is 2.67. The van der Waals surface area contributed by atoms with Gasteiger partial charge in [0.1, 0.15) is 0 Å². The van der Waals surface area contributed by atoms with Crippen LogP contribution < -0.4 is 0 Å². The van der Waals surface area contributed by atoms with E-state index < -0.39 is 11.0 Å². The van der Waals surface area contributed by atoms with Crippen LogP contribution in [-0.2, 0) is 4.79 Å². The van der Waals surface area contributed by atoms with Gasteiger partial charge in [-0.15, -0.1) is 0 Å². The second kappa shape index (κ2) is 5.35. The summed E-state index contributed by atoms with van der Waals surface area (Å²) in [6, 6.07) is 5.50. The molecule has 78 valence electrons. The van der Waals surface area contributed by atoms with E-state index in [1.807, 2.05) is 0 Å². The maximum Gasteiger partial charge on any atom is 0.302 e. The Morgan fingerprint density at radius 2 is 2.00 bits per heavy atom. The Balaban J connectivity index is 2.76. The molecule has 0 heterocycles. The van der Waals surface area contributed by atoms with Gasteiger partial charge in [-0.05, 0) is 24.3 Å². The van der Waals surface area contributed by atoms with Crippen LogP contribution >= 0.6 is 15.9 Å². The van der Waals surface area contributed by atoms with Crippen LogP contribution in [0.1, 0.15) is 0 Å². The SMILES string of the molecule is O=C[C@@H](C=Nc1ccc(Br)cc1)[N+](=O)[O-]. The van der Waals surface area contributed by atoms with Crippen molar-refractivity contribution in [3.63, 3.8) is 0 Å². The highest BCUT2D eigenvalue weighted by Crippen LogP contribution is 2.16. The molecule has 0 N–H and O–H groups in total. The Morgan fingerprint density at radius 1 is 1.40 bits per heavy atom. The fraction of sp³-hybridized carbons (Fsp3) is 0.111. The average molecular weight is 271 g/mol. The molecule has 1 aromatic carbocycles. The van der Waals surface area contributed by atoms with E-state index in [0.29, 0.717) is 5.69 Å². The number of carbonyl (C=O) groups excluding carboxylic acids is 1. The van der Waals surface area contributed by atoms with Crippen molar-refractivity contribution < 1.29 is 9.72 Å². The standard InChI is InChI=1S/C9H7BrN2O3/c10-7-1-3-8(4-2-7)11-5-9(6-13)12(14)15/h1-6,9H/t9-/m1/s1. The fourth-order valence-corrected chi connectivity index (χ4v) is 1.09. The highest BCUT2D eigenvalue weighted by Gasteiger charge is 2.14. The number of nitrogens with zero attached hydrogens (tertiary/aromatic N) is 2. The molecule has 1 atom stereocenters. The summed E-state index contributed by atoms with van der Waals surface area (Å²) in [6.45, 7) is 0. The number of halogens is 1. The summed E-state index contributed by atoms with van der Waals surface area (Å²) in [7, 11) is 0. The van der Waals surface area contributed by atoms with Gasteiger partial charge >= 0.3 is 6.04 Å². The first-order valence-electron chi connectivity index (χ1n) is 4.02. The average Bonchev–Trinajstić information content (AvgIpc) is 2.21. The third-order valence-corrected chi connectivity index (χ3v) is 2.11. The number of aliphatic imine (C=N–C) groups is 1. The molecule has 0 radical (unpaired) electrons. The van der Waals surface area contributed by atoms with Crippen molar-refractivity contribution in [2.45, 2.75) is 6.04 Å². The second-order valence-corrected chi connectivity index (χ2v) is 3.58. The maximum atomic E-state index is 10.3. The first-order valence-corrected chi connectivity index (χ1v) is 4.81. The van der Waals surface area contributed by atoms with Crippen LogP contribution in [0.3, 0.4) is 0 Å². The summed E-state index contributed by atoms with van der Waals surface area (Å²) in [6.07, 6.45) is 1.25. The van der Waals surface area contributed by atoms with Crippen LogP contribution in [0.25, 0.3) is 0 Å². The normalized spacial score (nSPS) is 12.6. The van der Waals surface area contributed by atoms with Crippen molar-refractivity contribution in [3.8, 4) is 0 Å². The number of benzene rings is 1. The van der Waals surface area contributed by atoms with Gasteiger partial charge in [0.05, 0.1) is 11.9 Å². The van der Waals surface area contributed by atoms with Crippen molar-refractivity contribution in [2.24, 2.45) is 4.99 Å². The Hall–Kier alpha value is -1.56. The largest absolute Gasteiger partial charge is 0.302 e. The highest BCUT2D eigenvalue weighted by molar-refractivity contribution is 9.10. The third kappa shape index (κ3) is 3.59. The lowest BCUT2D eigenvalue weighted by molar-refractivity contribution is -0.485. The summed E-state index contributed by atoms with van der Waals surface area (Å²) in [5, 5.41) is 10.3. The van der Waals surface area contributed by atoms with Gasteiger partial charge in [-0.25, -0.2) is 0 Å². The maximum absolute atomic E-state index is 10.3. The van der Waals surface area contributed by atoms with Crippen LogP contribution in [0.4, 0.5) is 5.69 Å². The van der Waals surface area contributed by atoms with Crippen molar-refractivity contribution in [1.82, 2.24) is 0 Å². The monoisotopic (exact) mass is 270 g/mol. The van der Waals surface area contributed by atoms with Crippen molar-refractivity contribution in [1.29, 1.82) is 0 Å². The van der Waals surface area contributed by atoms with E-state index >= 15 is 0 Å². The quantitative estimate of drug-likeness (QED) is 0.364. The molecular formula is C9H7BrN2O3. The van der Waals surface area contributed by atoms with Crippen LogP contribution in [0.2, 0.25) is 0 Å². The summed E-state index contributed by atoms with van der Waals surface area (Å²) in [5.41, 5.74) is 0.562. The van der Waals surface area contributed by atoms with E-state index in [-0.39, 0.29) is 6.29 Å². The number of carbonyl (C=O) groups is 1. The van der Waals surface area contributed by atoms with Crippen LogP contribution in [0.15, 0.2) is 33.7 Å². The molecule has 0 bridgehead atoms. The van der Waals surface area contributed by atoms with E-state index in [1.54, 1.807) is 24.3 Å². The lowest BCUT2D eigenvalue weighted by atomic mass is 10.3. The molecule has 0 aliphatic heterocycles. The van der Waals surface area contributed by atoms with Gasteiger partial charge < -0.3 is 0 Å². The summed E-state index contributed by atoms with van der Waals surface area (Å²) in [5.74, 6) is 0. The summed E-state index contributed by atoms with van der Waals surface area (Å²) >= 11 is 3.25. The lowest BCUT2D eigenvalue weighted by Crippen LogP contribution is -2.22. The van der Waals surface area contributed by atoms with Crippen molar-refractivity contribution in [3.05, 3.63) is 38.9 Å². The van der Waals surface area contributed by atoms with E-state index in [4.69, 9.17) is 0 Å². The zero-order valence-electron chi connectivity index (χ0n) is 7.54. The number of aldehydes is 1. The topological polar surface area (TPSA) is 72.6 Å². The Morgan fingerprint density at radius 3 is 2.47 bits per heavy atom. The number of rotatable bonds is 4. The molecule has 0 aliphatic rings. The molecule has 0 aromatic heterocycles. The Kier molecular flexibility index (Phi) is 4.11. The third-order valence-electron chi connectivity index (χ3n) is 1.59. The fourth-order valence-electron chi connectivity index (χ4n) is 0.829. The molecule has 0 spiro atoms. The zero-order valence-corrected chi connectivity index (χ0v) is 9.12. The minimum atomic E-state index is -1.38. The van der Waals surface area contributed by atoms with Gasteiger partial charge in [-0.1, -0.05) is 15.9 Å². The van der Waals surface area contributed by atoms with Gasteiger partial charge in [0, 0.05) is 9.40 Å². The number of hydrogen-bond donors (Lipinski definition) is 0. The molecule has 15 heavy (non-hydrogen) atoms. The van der Waals surface area contributed by atoms with Crippen LogP contribution in [-0.4, -0.2) is 23.5 Å². The molecule has 1 aromatic rings. The van der Waals surface area contributed by atoms with Gasteiger partial charge in [-0.3, -0.25) is 19.9 Å². The van der Waals surface area contributed by atoms with Gasteiger partial charge in [0.25, 0.3) is 0 Å². The molecular weight excluding hydrogens is 264 g/mol. The van der Waals surface area contributed by atoms with Crippen molar-refractivity contribution in [2.75, 3.05) is 0 Å². The van der Waals surface area contributed by atoms with E-state index in [2.05, 4.69) is 20.9 Å². The molecule has 0 saturated carbocycles. The molecule has 0 fully saturated rings. The Labute approximate surface area is 94.1 Å². The molecule has 0 saturated heterocycles. The first-order chi connectivity index (χ1) is 7.13. The molecule has 0 unspecified atom stereocenters. The molecule has 1 rings (SSSR count). The highest BCUT2D eigenvalue weighted by atomic mass is 79.9. The van der Waals surface area contributed by atoms with E-state index in [0.717, 1.165) is 10.7 Å². The first kappa shape index (κ1) is 11.5. The lowest BCUT2D eigenvalue weighted by Gasteiger charge is -1.95. The van der Waals surface area contributed by atoms with E-state index in [9.17, 15) is 14.9 Å². The number of hydrogen-bond acceptors (Lipinski definition) is 4. The van der Waals surface area contributed by atoms with Crippen molar-refractivity contribution >= 4 is 34.1 Å². The summed E-state index contributed by atoms with van der Waals surface area (Å²) in [4.78, 5) is 23.7. The van der Waals surface area contributed by atoms with Gasteiger partial charge in [-0.2, -0.15) is 0 Å². The number of nitro groups is 1.